The monoisotopic (exact) mass is 368 g/mol. The molecule has 2 aromatic carbocycles. The fraction of sp³-hybridized carbons (Fsp3) is 0.286. The van der Waals surface area contributed by atoms with Crippen LogP contribution in [0.1, 0.15) is 41.8 Å². The minimum Gasteiger partial charge on any atom is -0.478 e. The summed E-state index contributed by atoms with van der Waals surface area (Å²) in [6, 6.07) is 13.6. The maximum atomic E-state index is 12.1. The summed E-state index contributed by atoms with van der Waals surface area (Å²) in [6.45, 7) is 4.29. The molecule has 0 aliphatic rings. The number of carboxylic acids is 1. The largest absolute Gasteiger partial charge is 0.478 e. The molecule has 0 spiro atoms. The molecule has 0 saturated heterocycles. The number of hydrogen-bond acceptors (Lipinski definition) is 3. The number of amides is 2. The summed E-state index contributed by atoms with van der Waals surface area (Å²) >= 11 is 0. The molecule has 3 N–H and O–H groups in total. The lowest BCUT2D eigenvalue weighted by Gasteiger charge is -2.10. The van der Waals surface area contributed by atoms with Crippen LogP contribution in [-0.4, -0.2) is 22.9 Å². The molecule has 27 heavy (non-hydrogen) atoms. The molecule has 6 nitrogen and oxygen atoms in total. The summed E-state index contributed by atoms with van der Waals surface area (Å²) in [7, 11) is 0. The van der Waals surface area contributed by atoms with E-state index in [9.17, 15) is 14.4 Å². The molecule has 142 valence electrons. The molecule has 0 radical (unpaired) electrons. The van der Waals surface area contributed by atoms with Crippen LogP contribution in [0.4, 0.5) is 5.69 Å². The predicted octanol–water partition coefficient (Wildman–Crippen LogP) is 3.23. The van der Waals surface area contributed by atoms with Gasteiger partial charge in [-0.05, 0) is 41.3 Å². The van der Waals surface area contributed by atoms with Gasteiger partial charge in [0.2, 0.25) is 11.8 Å². The Morgan fingerprint density at radius 3 is 2.37 bits per heavy atom. The molecular weight excluding hydrogens is 344 g/mol. The summed E-state index contributed by atoms with van der Waals surface area (Å²) in [6.07, 6.45) is 0.558. The highest BCUT2D eigenvalue weighted by atomic mass is 16.4. The van der Waals surface area contributed by atoms with Crippen LogP contribution in [0.25, 0.3) is 0 Å². The Bertz CT molecular complexity index is 830. The second-order valence-electron chi connectivity index (χ2n) is 6.81. The van der Waals surface area contributed by atoms with Crippen molar-refractivity contribution < 1.29 is 19.5 Å². The molecule has 0 heterocycles. The molecule has 0 unspecified atom stereocenters. The van der Waals surface area contributed by atoms with Gasteiger partial charge in [-0.2, -0.15) is 0 Å². The Balaban J connectivity index is 1.89. The lowest BCUT2D eigenvalue weighted by molar-refractivity contribution is -0.120. The smallest absolute Gasteiger partial charge is 0.335 e. The van der Waals surface area contributed by atoms with E-state index in [1.54, 1.807) is 18.2 Å². The number of anilines is 1. The molecular formula is C21H24N2O4. The van der Waals surface area contributed by atoms with Gasteiger partial charge in [-0.3, -0.25) is 9.59 Å². The molecule has 0 aliphatic carbocycles. The Morgan fingerprint density at radius 1 is 0.963 bits per heavy atom. The van der Waals surface area contributed by atoms with E-state index in [-0.39, 0.29) is 29.7 Å². The SMILES string of the molecule is CC(C)CC(=O)Nc1cccc(CNC(=O)Cc2cccc(C(=O)O)c2)c1. The third-order valence-electron chi connectivity index (χ3n) is 3.83. The fourth-order valence-corrected chi connectivity index (χ4v) is 2.60. The van der Waals surface area contributed by atoms with Crippen molar-refractivity contribution in [2.24, 2.45) is 5.92 Å². The highest BCUT2D eigenvalue weighted by Gasteiger charge is 2.08. The topological polar surface area (TPSA) is 95.5 Å². The average molecular weight is 368 g/mol. The maximum absolute atomic E-state index is 12.1. The summed E-state index contributed by atoms with van der Waals surface area (Å²) < 4.78 is 0. The average Bonchev–Trinajstić information content (AvgIpc) is 2.59. The van der Waals surface area contributed by atoms with Gasteiger partial charge in [0.05, 0.1) is 12.0 Å². The lowest BCUT2D eigenvalue weighted by Crippen LogP contribution is -2.24. The third-order valence-corrected chi connectivity index (χ3v) is 3.83. The van der Waals surface area contributed by atoms with Crippen molar-refractivity contribution in [3.05, 3.63) is 65.2 Å². The summed E-state index contributed by atoms with van der Waals surface area (Å²) in [5.74, 6) is -0.975. The van der Waals surface area contributed by atoms with Gasteiger partial charge in [-0.25, -0.2) is 4.79 Å². The van der Waals surface area contributed by atoms with E-state index in [0.717, 1.165) is 5.56 Å². The molecule has 2 rings (SSSR count). The zero-order chi connectivity index (χ0) is 19.8. The minimum atomic E-state index is -1.02. The van der Waals surface area contributed by atoms with Crippen molar-refractivity contribution in [2.45, 2.75) is 33.2 Å². The first-order valence-corrected chi connectivity index (χ1v) is 8.81. The van der Waals surface area contributed by atoms with Gasteiger partial charge >= 0.3 is 5.97 Å². The van der Waals surface area contributed by atoms with Gasteiger partial charge < -0.3 is 15.7 Å². The highest BCUT2D eigenvalue weighted by Crippen LogP contribution is 2.12. The molecule has 6 heteroatoms. The molecule has 2 aromatic rings. The second kappa shape index (κ2) is 9.52. The second-order valence-corrected chi connectivity index (χ2v) is 6.81. The number of benzene rings is 2. The van der Waals surface area contributed by atoms with E-state index < -0.39 is 5.97 Å². The van der Waals surface area contributed by atoms with Crippen LogP contribution in [0, 0.1) is 5.92 Å². The van der Waals surface area contributed by atoms with Crippen LogP contribution in [0.3, 0.4) is 0 Å². The highest BCUT2D eigenvalue weighted by molar-refractivity contribution is 5.91. The van der Waals surface area contributed by atoms with Gasteiger partial charge in [-0.15, -0.1) is 0 Å². The van der Waals surface area contributed by atoms with E-state index in [2.05, 4.69) is 10.6 Å². The molecule has 0 aliphatic heterocycles. The van der Waals surface area contributed by atoms with Gasteiger partial charge in [0, 0.05) is 18.7 Å². The summed E-state index contributed by atoms with van der Waals surface area (Å²) in [4.78, 5) is 35.0. The van der Waals surface area contributed by atoms with Crippen LogP contribution < -0.4 is 10.6 Å². The Hall–Kier alpha value is -3.15. The van der Waals surface area contributed by atoms with Crippen molar-refractivity contribution >= 4 is 23.5 Å². The number of carbonyl (C=O) groups is 3. The van der Waals surface area contributed by atoms with E-state index in [1.165, 1.54) is 12.1 Å². The van der Waals surface area contributed by atoms with Crippen molar-refractivity contribution in [3.63, 3.8) is 0 Å². The fourth-order valence-electron chi connectivity index (χ4n) is 2.60. The lowest BCUT2D eigenvalue weighted by atomic mass is 10.1. The first-order valence-electron chi connectivity index (χ1n) is 8.81. The summed E-state index contributed by atoms with van der Waals surface area (Å²) in [5.41, 5.74) is 2.36. The number of aromatic carboxylic acids is 1. The number of nitrogens with one attached hydrogen (secondary N) is 2. The number of hydrogen-bond donors (Lipinski definition) is 3. The Morgan fingerprint density at radius 2 is 1.67 bits per heavy atom. The predicted molar refractivity (Wildman–Crippen MR) is 103 cm³/mol. The van der Waals surface area contributed by atoms with E-state index in [0.29, 0.717) is 24.2 Å². The number of carboxylic acid groups (broad SMARTS) is 1. The number of carbonyl (C=O) groups excluding carboxylic acids is 2. The van der Waals surface area contributed by atoms with E-state index in [1.807, 2.05) is 32.0 Å². The standard InChI is InChI=1S/C21H24N2O4/c1-14(2)9-20(25)23-18-8-4-6-16(11-18)13-22-19(24)12-15-5-3-7-17(10-15)21(26)27/h3-8,10-11,14H,9,12-13H2,1-2H3,(H,22,24)(H,23,25)(H,26,27). The van der Waals surface area contributed by atoms with Gasteiger partial charge in [0.15, 0.2) is 0 Å². The summed E-state index contributed by atoms with van der Waals surface area (Å²) in [5, 5.41) is 14.7. The minimum absolute atomic E-state index is 0.0375. The quantitative estimate of drug-likeness (QED) is 0.667. The van der Waals surface area contributed by atoms with Crippen LogP contribution in [0.5, 0.6) is 0 Å². The molecule has 0 bridgehead atoms. The zero-order valence-corrected chi connectivity index (χ0v) is 15.5. The van der Waals surface area contributed by atoms with Crippen LogP contribution >= 0.6 is 0 Å². The normalized spacial score (nSPS) is 10.5. The van der Waals surface area contributed by atoms with Crippen molar-refractivity contribution in [2.75, 3.05) is 5.32 Å². The van der Waals surface area contributed by atoms with Crippen LogP contribution in [0.15, 0.2) is 48.5 Å². The zero-order valence-electron chi connectivity index (χ0n) is 15.5. The van der Waals surface area contributed by atoms with Crippen molar-refractivity contribution in [1.29, 1.82) is 0 Å². The van der Waals surface area contributed by atoms with E-state index in [4.69, 9.17) is 5.11 Å². The van der Waals surface area contributed by atoms with E-state index >= 15 is 0 Å². The Kier molecular flexibility index (Phi) is 7.11. The van der Waals surface area contributed by atoms with Crippen molar-refractivity contribution in [3.8, 4) is 0 Å². The first kappa shape index (κ1) is 20.2. The maximum Gasteiger partial charge on any atom is 0.335 e. The molecule has 0 aromatic heterocycles. The van der Waals surface area contributed by atoms with Gasteiger partial charge in [0.25, 0.3) is 0 Å². The van der Waals surface area contributed by atoms with Gasteiger partial charge in [-0.1, -0.05) is 38.1 Å². The molecule has 0 saturated carbocycles. The first-order chi connectivity index (χ1) is 12.8. The van der Waals surface area contributed by atoms with Gasteiger partial charge in [0.1, 0.15) is 0 Å². The molecule has 2 amide bonds. The van der Waals surface area contributed by atoms with Crippen LogP contribution in [0.2, 0.25) is 0 Å². The number of rotatable bonds is 8. The third kappa shape index (κ3) is 6.93. The molecule has 0 atom stereocenters. The van der Waals surface area contributed by atoms with Crippen molar-refractivity contribution in [1.82, 2.24) is 5.32 Å². The van der Waals surface area contributed by atoms with Crippen LogP contribution in [-0.2, 0) is 22.6 Å². The Labute approximate surface area is 158 Å². The molecule has 0 fully saturated rings.